The van der Waals surface area contributed by atoms with Crippen molar-refractivity contribution in [3.63, 3.8) is 0 Å². The molecule has 0 spiro atoms. The van der Waals surface area contributed by atoms with E-state index in [1.54, 1.807) is 45.3 Å². The molecule has 0 aromatic carbocycles. The van der Waals surface area contributed by atoms with Gasteiger partial charge in [-0.3, -0.25) is 4.79 Å². The normalized spacial score (nSPS) is 15.3. The van der Waals surface area contributed by atoms with Gasteiger partial charge in [-0.2, -0.15) is 0 Å². The third-order valence-electron chi connectivity index (χ3n) is 3.93. The summed E-state index contributed by atoms with van der Waals surface area (Å²) in [5.41, 5.74) is -0.235. The second-order valence-electron chi connectivity index (χ2n) is 6.84. The summed E-state index contributed by atoms with van der Waals surface area (Å²) in [5.74, 6) is 1.15. The van der Waals surface area contributed by atoms with Gasteiger partial charge in [0.05, 0.1) is 18.3 Å². The standard InChI is InChI=1S/C19H27N7O3/c1-19(2,28)7-9-22-17(27)12(11-20)16-25-14(21-3)10-15(26-16)24-13-6-5-8-23-18(13)29-4/h5-6,8,10-11,20-21,25,28H,7,9H2,1-4H3,(H,22,27)(H,24,26)/b16-12-,20-11?. The van der Waals surface area contributed by atoms with Crippen LogP contribution in [0, 0.1) is 5.41 Å². The second kappa shape index (κ2) is 9.69. The number of pyridine rings is 1. The number of aliphatic imine (C=N–C) groups is 1. The number of methoxy groups -OCH3 is 1. The summed E-state index contributed by atoms with van der Waals surface area (Å²) >= 11 is 0. The number of carbonyl (C=O) groups excluding carboxylic acids is 1. The molecule has 0 fully saturated rings. The number of aliphatic hydroxyl groups is 1. The zero-order chi connectivity index (χ0) is 21.4. The molecule has 1 amide bonds. The predicted octanol–water partition coefficient (Wildman–Crippen LogP) is 0.703. The SMILES string of the molecule is CNC1=CC(Nc2cccnc2OC)=N/C(=C(/C=N)C(=O)NCCC(C)(C)O)N1. The Bertz CT molecular complexity index is 854. The molecule has 10 heteroatoms. The first-order chi connectivity index (χ1) is 13.8. The van der Waals surface area contributed by atoms with Gasteiger partial charge in [0.15, 0.2) is 0 Å². The van der Waals surface area contributed by atoms with Gasteiger partial charge in [0.25, 0.3) is 5.91 Å². The highest BCUT2D eigenvalue weighted by Gasteiger charge is 2.20. The van der Waals surface area contributed by atoms with Crippen LogP contribution in [0.1, 0.15) is 20.3 Å². The van der Waals surface area contributed by atoms with Crippen molar-refractivity contribution in [2.45, 2.75) is 25.9 Å². The number of aromatic nitrogens is 1. The minimum Gasteiger partial charge on any atom is -0.480 e. The highest BCUT2D eigenvalue weighted by Crippen LogP contribution is 2.21. The second-order valence-corrected chi connectivity index (χ2v) is 6.84. The zero-order valence-corrected chi connectivity index (χ0v) is 17.0. The van der Waals surface area contributed by atoms with Crippen LogP contribution in [-0.4, -0.2) is 54.4 Å². The van der Waals surface area contributed by atoms with Crippen molar-refractivity contribution in [2.75, 3.05) is 26.0 Å². The highest BCUT2D eigenvalue weighted by atomic mass is 16.5. The number of amidine groups is 1. The van der Waals surface area contributed by atoms with Crippen LogP contribution >= 0.6 is 0 Å². The van der Waals surface area contributed by atoms with Crippen LogP contribution in [0.4, 0.5) is 5.69 Å². The van der Waals surface area contributed by atoms with Gasteiger partial charge in [0.2, 0.25) is 5.88 Å². The Labute approximate surface area is 169 Å². The average Bonchev–Trinajstić information content (AvgIpc) is 2.67. The fourth-order valence-electron chi connectivity index (χ4n) is 2.41. The number of hydrogen-bond donors (Lipinski definition) is 6. The summed E-state index contributed by atoms with van der Waals surface area (Å²) < 4.78 is 5.23. The first kappa shape index (κ1) is 21.9. The number of rotatable bonds is 8. The first-order valence-corrected chi connectivity index (χ1v) is 9.04. The fourth-order valence-corrected chi connectivity index (χ4v) is 2.41. The Morgan fingerprint density at radius 3 is 2.83 bits per heavy atom. The molecule has 29 heavy (non-hydrogen) atoms. The van der Waals surface area contributed by atoms with Crippen molar-refractivity contribution in [3.8, 4) is 5.88 Å². The lowest BCUT2D eigenvalue weighted by Gasteiger charge is -2.21. The van der Waals surface area contributed by atoms with Gasteiger partial charge in [0, 0.05) is 32.1 Å². The monoisotopic (exact) mass is 401 g/mol. The molecule has 0 bridgehead atoms. The maximum Gasteiger partial charge on any atom is 0.256 e. The number of ether oxygens (including phenoxy) is 1. The molecule has 1 aliphatic heterocycles. The number of anilines is 1. The van der Waals surface area contributed by atoms with E-state index in [1.165, 1.54) is 7.11 Å². The Morgan fingerprint density at radius 1 is 1.45 bits per heavy atom. The molecular formula is C19H27N7O3. The Kier molecular flexibility index (Phi) is 7.32. The maximum absolute atomic E-state index is 12.5. The summed E-state index contributed by atoms with van der Waals surface area (Å²) in [6, 6.07) is 3.54. The lowest BCUT2D eigenvalue weighted by atomic mass is 10.1. The average molecular weight is 401 g/mol. The third-order valence-corrected chi connectivity index (χ3v) is 3.93. The molecule has 156 valence electrons. The van der Waals surface area contributed by atoms with Gasteiger partial charge >= 0.3 is 0 Å². The molecule has 1 aromatic heterocycles. The van der Waals surface area contributed by atoms with E-state index < -0.39 is 11.5 Å². The number of amides is 1. The smallest absolute Gasteiger partial charge is 0.256 e. The predicted molar refractivity (Wildman–Crippen MR) is 112 cm³/mol. The molecule has 0 unspecified atom stereocenters. The molecule has 0 saturated heterocycles. The topological polar surface area (TPSA) is 144 Å². The molecule has 6 N–H and O–H groups in total. The van der Waals surface area contributed by atoms with E-state index in [2.05, 4.69) is 31.2 Å². The number of carbonyl (C=O) groups is 1. The first-order valence-electron chi connectivity index (χ1n) is 9.04. The van der Waals surface area contributed by atoms with Crippen LogP contribution in [0.25, 0.3) is 0 Å². The number of nitrogens with one attached hydrogen (secondary N) is 5. The van der Waals surface area contributed by atoms with E-state index in [-0.39, 0.29) is 17.9 Å². The molecule has 0 atom stereocenters. The van der Waals surface area contributed by atoms with Crippen LogP contribution in [0.15, 0.2) is 46.6 Å². The lowest BCUT2D eigenvalue weighted by Crippen LogP contribution is -2.35. The van der Waals surface area contributed by atoms with E-state index in [0.29, 0.717) is 29.6 Å². The van der Waals surface area contributed by atoms with Crippen LogP contribution in [-0.2, 0) is 4.79 Å². The molecule has 2 rings (SSSR count). The molecule has 0 saturated carbocycles. The molecule has 0 radical (unpaired) electrons. The molecule has 0 aliphatic carbocycles. The third kappa shape index (κ3) is 6.32. The minimum absolute atomic E-state index is 0.0547. The van der Waals surface area contributed by atoms with E-state index in [0.717, 1.165) is 6.21 Å². The van der Waals surface area contributed by atoms with Crippen LogP contribution in [0.2, 0.25) is 0 Å². The summed E-state index contributed by atoms with van der Waals surface area (Å²) in [6.07, 6.45) is 4.64. The van der Waals surface area contributed by atoms with Crippen molar-refractivity contribution in [2.24, 2.45) is 4.99 Å². The van der Waals surface area contributed by atoms with Gasteiger partial charge in [-0.25, -0.2) is 9.98 Å². The van der Waals surface area contributed by atoms with Gasteiger partial charge in [-0.05, 0) is 32.4 Å². The molecule has 2 heterocycles. The zero-order valence-electron chi connectivity index (χ0n) is 17.0. The van der Waals surface area contributed by atoms with Gasteiger partial charge in [-0.15, -0.1) is 0 Å². The van der Waals surface area contributed by atoms with Crippen LogP contribution in [0.5, 0.6) is 5.88 Å². The van der Waals surface area contributed by atoms with Crippen molar-refractivity contribution >= 4 is 23.6 Å². The van der Waals surface area contributed by atoms with Crippen LogP contribution in [0.3, 0.4) is 0 Å². The van der Waals surface area contributed by atoms with E-state index in [4.69, 9.17) is 10.1 Å². The molecule has 1 aliphatic rings. The molecule has 10 nitrogen and oxygen atoms in total. The maximum atomic E-state index is 12.5. The fraction of sp³-hybridized carbons (Fsp3) is 0.368. The van der Waals surface area contributed by atoms with Crippen LogP contribution < -0.4 is 26.0 Å². The largest absolute Gasteiger partial charge is 0.480 e. The van der Waals surface area contributed by atoms with Crippen molar-refractivity contribution in [1.82, 2.24) is 20.9 Å². The van der Waals surface area contributed by atoms with Gasteiger partial charge < -0.3 is 36.5 Å². The van der Waals surface area contributed by atoms with Gasteiger partial charge in [-0.1, -0.05) is 0 Å². The summed E-state index contributed by atoms with van der Waals surface area (Å²) in [4.78, 5) is 21.1. The van der Waals surface area contributed by atoms with E-state index in [1.807, 2.05) is 0 Å². The van der Waals surface area contributed by atoms with E-state index >= 15 is 0 Å². The lowest BCUT2D eigenvalue weighted by molar-refractivity contribution is -0.117. The van der Waals surface area contributed by atoms with Crippen molar-refractivity contribution in [3.05, 3.63) is 41.6 Å². The Morgan fingerprint density at radius 2 is 2.21 bits per heavy atom. The minimum atomic E-state index is -0.894. The quantitative estimate of drug-likeness (QED) is 0.278. The highest BCUT2D eigenvalue weighted by molar-refractivity contribution is 6.13. The molecule has 1 aromatic rings. The summed E-state index contributed by atoms with van der Waals surface area (Å²) in [6.45, 7) is 3.59. The Balaban J connectivity index is 2.28. The summed E-state index contributed by atoms with van der Waals surface area (Å²) in [7, 11) is 3.24. The Hall–Kier alpha value is -3.40. The van der Waals surface area contributed by atoms with Crippen molar-refractivity contribution in [1.29, 1.82) is 5.41 Å². The number of nitrogens with zero attached hydrogens (tertiary/aromatic N) is 2. The van der Waals surface area contributed by atoms with Gasteiger partial charge in [0.1, 0.15) is 23.2 Å². The summed E-state index contributed by atoms with van der Waals surface area (Å²) in [5, 5.41) is 29.2. The number of hydrogen-bond acceptors (Lipinski definition) is 9. The molecular weight excluding hydrogens is 374 g/mol. The van der Waals surface area contributed by atoms with E-state index in [9.17, 15) is 9.90 Å². The van der Waals surface area contributed by atoms with Crippen molar-refractivity contribution < 1.29 is 14.6 Å².